The molecule has 1 aromatic carbocycles. The van der Waals surface area contributed by atoms with E-state index in [-0.39, 0.29) is 11.5 Å². The number of hydrogen-bond acceptors (Lipinski definition) is 4. The molecule has 0 aliphatic heterocycles. The summed E-state index contributed by atoms with van der Waals surface area (Å²) < 4.78 is 1.01. The van der Waals surface area contributed by atoms with E-state index < -0.39 is 0 Å². The zero-order valence-electron chi connectivity index (χ0n) is 10.0. The average Bonchev–Trinajstić information content (AvgIpc) is 2.60. The van der Waals surface area contributed by atoms with Crippen LogP contribution in [0.2, 0.25) is 0 Å². The average molecular weight is 251 g/mol. The van der Waals surface area contributed by atoms with Crippen molar-refractivity contribution in [1.29, 1.82) is 0 Å². The summed E-state index contributed by atoms with van der Waals surface area (Å²) in [5.74, 6) is -0.103. The summed E-state index contributed by atoms with van der Waals surface area (Å²) in [5.41, 5.74) is 0. The first-order chi connectivity index (χ1) is 8.06. The number of nitrogens with one attached hydrogen (secondary N) is 1. The molecule has 2 rings (SSSR count). The molecule has 0 aliphatic carbocycles. The quantitative estimate of drug-likeness (QED) is 0.732. The van der Waals surface area contributed by atoms with Crippen molar-refractivity contribution in [3.63, 3.8) is 0 Å². The molecule has 0 unspecified atom stereocenters. The van der Waals surface area contributed by atoms with Crippen molar-refractivity contribution >= 4 is 21.4 Å². The predicted molar refractivity (Wildman–Crippen MR) is 72.0 cm³/mol. The van der Waals surface area contributed by atoms with Crippen LogP contribution in [0.25, 0.3) is 10.1 Å². The lowest BCUT2D eigenvalue weighted by Crippen LogP contribution is -2.24. The van der Waals surface area contributed by atoms with Crippen molar-refractivity contribution in [2.75, 3.05) is 6.54 Å². The highest BCUT2D eigenvalue weighted by Gasteiger charge is 2.06. The molecule has 0 atom stereocenters. The summed E-state index contributed by atoms with van der Waals surface area (Å²) in [6.07, 6.45) is 0.971. The van der Waals surface area contributed by atoms with E-state index >= 15 is 0 Å². The van der Waals surface area contributed by atoms with Crippen LogP contribution in [0, 0.1) is 0 Å². The van der Waals surface area contributed by atoms with E-state index in [1.165, 1.54) is 4.88 Å². The van der Waals surface area contributed by atoms with Crippen molar-refractivity contribution in [1.82, 2.24) is 5.32 Å². The van der Waals surface area contributed by atoms with E-state index in [0.29, 0.717) is 6.04 Å². The van der Waals surface area contributed by atoms with Gasteiger partial charge in [-0.15, -0.1) is 11.3 Å². The van der Waals surface area contributed by atoms with Gasteiger partial charge in [0, 0.05) is 28.2 Å². The minimum atomic E-state index is -0.0536. The zero-order valence-corrected chi connectivity index (χ0v) is 10.8. The maximum atomic E-state index is 9.42. The molecule has 0 saturated carbocycles. The lowest BCUT2D eigenvalue weighted by Gasteiger charge is -2.05. The lowest BCUT2D eigenvalue weighted by atomic mass is 10.2. The third-order valence-corrected chi connectivity index (χ3v) is 3.75. The Bertz CT molecular complexity index is 480. The number of hydrogen-bond donors (Lipinski definition) is 3. The second-order valence-electron chi connectivity index (χ2n) is 4.45. The Labute approximate surface area is 105 Å². The Hall–Kier alpha value is -1.26. The minimum absolute atomic E-state index is 0.0498. The molecule has 0 amide bonds. The van der Waals surface area contributed by atoms with Gasteiger partial charge in [-0.25, -0.2) is 0 Å². The van der Waals surface area contributed by atoms with Crippen LogP contribution in [0.15, 0.2) is 18.2 Å². The Kier molecular flexibility index (Phi) is 3.54. The molecule has 2 aromatic rings. The molecule has 3 N–H and O–H groups in total. The van der Waals surface area contributed by atoms with Crippen molar-refractivity contribution in [3.05, 3.63) is 23.1 Å². The maximum Gasteiger partial charge on any atom is 0.158 e. The van der Waals surface area contributed by atoms with Crippen LogP contribution in [0.5, 0.6) is 11.5 Å². The molecule has 1 aromatic heterocycles. The second kappa shape index (κ2) is 4.94. The topological polar surface area (TPSA) is 52.5 Å². The van der Waals surface area contributed by atoms with E-state index in [4.69, 9.17) is 0 Å². The Morgan fingerprint density at radius 3 is 2.59 bits per heavy atom. The summed E-state index contributed by atoms with van der Waals surface area (Å²) in [5, 5.41) is 23.2. The Morgan fingerprint density at radius 1 is 1.18 bits per heavy atom. The van der Waals surface area contributed by atoms with Gasteiger partial charge in [-0.2, -0.15) is 0 Å². The number of phenolic OH excluding ortho intramolecular Hbond substituents is 2. The van der Waals surface area contributed by atoms with Crippen molar-refractivity contribution < 1.29 is 10.2 Å². The van der Waals surface area contributed by atoms with Gasteiger partial charge in [0.2, 0.25) is 0 Å². The first-order valence-electron chi connectivity index (χ1n) is 5.74. The summed E-state index contributed by atoms with van der Waals surface area (Å²) in [6, 6.07) is 5.80. The third kappa shape index (κ3) is 2.90. The highest BCUT2D eigenvalue weighted by molar-refractivity contribution is 7.19. The van der Waals surface area contributed by atoms with Gasteiger partial charge in [-0.3, -0.25) is 0 Å². The van der Waals surface area contributed by atoms with Gasteiger partial charge in [0.1, 0.15) is 0 Å². The number of benzene rings is 1. The van der Waals surface area contributed by atoms with Gasteiger partial charge in [-0.05, 0) is 23.9 Å². The summed E-state index contributed by atoms with van der Waals surface area (Å²) in [7, 11) is 0. The van der Waals surface area contributed by atoms with Crippen molar-refractivity contribution in [2.24, 2.45) is 0 Å². The number of thiophene rings is 1. The van der Waals surface area contributed by atoms with Crippen molar-refractivity contribution in [3.8, 4) is 11.5 Å². The normalized spacial score (nSPS) is 11.5. The van der Waals surface area contributed by atoms with E-state index in [1.54, 1.807) is 23.5 Å². The summed E-state index contributed by atoms with van der Waals surface area (Å²) >= 11 is 1.66. The number of phenols is 2. The van der Waals surface area contributed by atoms with Gasteiger partial charge in [0.05, 0.1) is 0 Å². The predicted octanol–water partition coefficient (Wildman–Crippen LogP) is 2.85. The molecule has 0 bridgehead atoms. The molecular formula is C13H17NO2S. The molecule has 0 fully saturated rings. The van der Waals surface area contributed by atoms with Gasteiger partial charge >= 0.3 is 0 Å². The number of rotatable bonds is 4. The monoisotopic (exact) mass is 251 g/mol. The van der Waals surface area contributed by atoms with Gasteiger partial charge in [-0.1, -0.05) is 13.8 Å². The molecule has 0 saturated heterocycles. The van der Waals surface area contributed by atoms with Crippen LogP contribution in [0.1, 0.15) is 18.7 Å². The van der Waals surface area contributed by atoms with Crippen LogP contribution in [-0.4, -0.2) is 22.8 Å². The Balaban J connectivity index is 2.14. The lowest BCUT2D eigenvalue weighted by molar-refractivity contribution is 0.405. The first kappa shape index (κ1) is 12.2. The van der Waals surface area contributed by atoms with E-state index in [2.05, 4.69) is 25.2 Å². The van der Waals surface area contributed by atoms with Crippen molar-refractivity contribution in [2.45, 2.75) is 26.3 Å². The molecule has 1 heterocycles. The molecular weight excluding hydrogens is 234 g/mol. The molecule has 0 spiro atoms. The SMILES string of the molecule is CC(C)NCCc1cc2cc(O)c(O)cc2s1. The zero-order chi connectivity index (χ0) is 12.4. The van der Waals surface area contributed by atoms with E-state index in [9.17, 15) is 10.2 Å². The number of fused-ring (bicyclic) bond motifs is 1. The highest BCUT2D eigenvalue weighted by atomic mass is 32.1. The van der Waals surface area contributed by atoms with Crippen LogP contribution < -0.4 is 5.32 Å². The molecule has 17 heavy (non-hydrogen) atoms. The largest absolute Gasteiger partial charge is 0.504 e. The second-order valence-corrected chi connectivity index (χ2v) is 5.62. The fourth-order valence-electron chi connectivity index (χ4n) is 1.73. The molecule has 0 radical (unpaired) electrons. The molecule has 92 valence electrons. The van der Waals surface area contributed by atoms with E-state index in [0.717, 1.165) is 23.1 Å². The minimum Gasteiger partial charge on any atom is -0.504 e. The van der Waals surface area contributed by atoms with Crippen LogP contribution >= 0.6 is 11.3 Å². The van der Waals surface area contributed by atoms with Crippen LogP contribution in [0.4, 0.5) is 0 Å². The smallest absolute Gasteiger partial charge is 0.158 e. The fourth-order valence-corrected chi connectivity index (χ4v) is 2.81. The summed E-state index contributed by atoms with van der Waals surface area (Å²) in [4.78, 5) is 1.26. The van der Waals surface area contributed by atoms with Gasteiger partial charge < -0.3 is 15.5 Å². The van der Waals surface area contributed by atoms with Gasteiger partial charge in [0.15, 0.2) is 11.5 Å². The van der Waals surface area contributed by atoms with Crippen LogP contribution in [-0.2, 0) is 6.42 Å². The standard InChI is InChI=1S/C13H17NO2S/c1-8(2)14-4-3-10-5-9-6-11(15)12(16)7-13(9)17-10/h5-8,14-16H,3-4H2,1-2H3. The fraction of sp³-hybridized carbons (Fsp3) is 0.385. The van der Waals surface area contributed by atoms with E-state index in [1.807, 2.05) is 0 Å². The Morgan fingerprint density at radius 2 is 1.88 bits per heavy atom. The molecule has 0 aliphatic rings. The highest BCUT2D eigenvalue weighted by Crippen LogP contribution is 2.34. The number of aromatic hydroxyl groups is 2. The molecule has 4 heteroatoms. The third-order valence-electron chi connectivity index (χ3n) is 2.59. The summed E-state index contributed by atoms with van der Waals surface area (Å²) in [6.45, 7) is 5.20. The van der Waals surface area contributed by atoms with Crippen LogP contribution in [0.3, 0.4) is 0 Å². The van der Waals surface area contributed by atoms with Gasteiger partial charge in [0.25, 0.3) is 0 Å². The maximum absolute atomic E-state index is 9.42. The first-order valence-corrected chi connectivity index (χ1v) is 6.55. The molecule has 3 nitrogen and oxygen atoms in total.